The Labute approximate surface area is 121 Å². The summed E-state index contributed by atoms with van der Waals surface area (Å²) in [5, 5.41) is 0. The van der Waals surface area contributed by atoms with Crippen LogP contribution in [-0.2, 0) is 4.74 Å². The van der Waals surface area contributed by atoms with Crippen LogP contribution in [0, 0.1) is 0 Å². The Morgan fingerprint density at radius 2 is 2.11 bits per heavy atom. The van der Waals surface area contributed by atoms with Gasteiger partial charge in [0.1, 0.15) is 17.1 Å². The number of rotatable bonds is 7. The zero-order valence-electron chi connectivity index (χ0n) is 11.1. The third kappa shape index (κ3) is 4.28. The molecule has 0 spiro atoms. The third-order valence-electron chi connectivity index (χ3n) is 2.47. The second-order valence-corrected chi connectivity index (χ2v) is 4.61. The number of benzene rings is 1. The Bertz CT molecular complexity index is 457. The van der Waals surface area contributed by atoms with Gasteiger partial charge in [0.05, 0.1) is 20.8 Å². The highest BCUT2D eigenvalue weighted by atomic mass is 79.9. The fraction of sp³-hybridized carbons (Fsp3) is 0.357. The summed E-state index contributed by atoms with van der Waals surface area (Å²) in [6.45, 7) is 3.97. The summed E-state index contributed by atoms with van der Waals surface area (Å²) in [6.07, 6.45) is 3.36. The zero-order valence-corrected chi connectivity index (χ0v) is 12.7. The quantitative estimate of drug-likeness (QED) is 0.436. The highest BCUT2D eigenvalue weighted by Crippen LogP contribution is 2.32. The molecule has 1 aromatic carbocycles. The van der Waals surface area contributed by atoms with Crippen LogP contribution < -0.4 is 9.47 Å². The lowest BCUT2D eigenvalue weighted by molar-refractivity contribution is 0.0496. The van der Waals surface area contributed by atoms with Crippen molar-refractivity contribution in [1.82, 2.24) is 0 Å². The smallest absolute Gasteiger partial charge is 0.343 e. The summed E-state index contributed by atoms with van der Waals surface area (Å²) in [7, 11) is 3.05. The minimum absolute atomic E-state index is 0.354. The van der Waals surface area contributed by atoms with Crippen molar-refractivity contribution in [2.24, 2.45) is 0 Å². The number of carbonyl (C=O) groups is 1. The normalized spacial score (nSPS) is 9.84. The van der Waals surface area contributed by atoms with Crippen LogP contribution in [0.3, 0.4) is 0 Å². The number of hydrogen-bond acceptors (Lipinski definition) is 4. The van der Waals surface area contributed by atoms with E-state index in [1.807, 2.05) is 0 Å². The Kier molecular flexibility index (Phi) is 6.42. The molecule has 4 nitrogen and oxygen atoms in total. The fourth-order valence-corrected chi connectivity index (χ4v) is 2.08. The summed E-state index contributed by atoms with van der Waals surface area (Å²) < 4.78 is 16.1. The van der Waals surface area contributed by atoms with Crippen LogP contribution in [0.25, 0.3) is 0 Å². The van der Waals surface area contributed by atoms with Crippen LogP contribution in [0.2, 0.25) is 0 Å². The molecule has 0 aliphatic carbocycles. The van der Waals surface area contributed by atoms with Crippen LogP contribution in [-0.4, -0.2) is 26.8 Å². The van der Waals surface area contributed by atoms with E-state index in [2.05, 4.69) is 22.5 Å². The summed E-state index contributed by atoms with van der Waals surface area (Å²) in [5.74, 6) is 0.599. The van der Waals surface area contributed by atoms with Crippen LogP contribution in [0.15, 0.2) is 29.3 Å². The Morgan fingerprint density at radius 1 is 1.37 bits per heavy atom. The maximum atomic E-state index is 12.0. The SMILES string of the molecule is C=CCCCOC(=O)c1c(Br)cc(OC)cc1OC. The maximum Gasteiger partial charge on any atom is 0.343 e. The number of esters is 1. The Morgan fingerprint density at radius 3 is 2.68 bits per heavy atom. The first-order valence-corrected chi connectivity index (χ1v) is 6.62. The summed E-state index contributed by atoms with van der Waals surface area (Å²) in [4.78, 5) is 12.0. The number of hydrogen-bond donors (Lipinski definition) is 0. The van der Waals surface area contributed by atoms with E-state index in [-0.39, 0.29) is 0 Å². The molecule has 0 unspecified atom stereocenters. The van der Waals surface area contributed by atoms with E-state index in [4.69, 9.17) is 14.2 Å². The van der Waals surface area contributed by atoms with Crippen molar-refractivity contribution in [3.8, 4) is 11.5 Å². The second kappa shape index (κ2) is 7.84. The van der Waals surface area contributed by atoms with Crippen LogP contribution in [0.4, 0.5) is 0 Å². The Balaban J connectivity index is 2.86. The fourth-order valence-electron chi connectivity index (χ4n) is 1.50. The monoisotopic (exact) mass is 328 g/mol. The lowest BCUT2D eigenvalue weighted by Gasteiger charge is -2.12. The molecule has 0 radical (unpaired) electrons. The molecule has 0 fully saturated rings. The van der Waals surface area contributed by atoms with Gasteiger partial charge in [-0.2, -0.15) is 0 Å². The highest BCUT2D eigenvalue weighted by Gasteiger charge is 2.19. The molecule has 0 saturated heterocycles. The van der Waals surface area contributed by atoms with Crippen molar-refractivity contribution in [3.05, 3.63) is 34.8 Å². The lowest BCUT2D eigenvalue weighted by atomic mass is 10.2. The standard InChI is InChI=1S/C14H17BrO4/c1-4-5-6-7-19-14(16)13-11(15)8-10(17-2)9-12(13)18-3/h4,8-9H,1,5-7H2,2-3H3. The number of methoxy groups -OCH3 is 2. The van der Waals surface area contributed by atoms with Gasteiger partial charge in [0, 0.05) is 10.5 Å². The van der Waals surface area contributed by atoms with Gasteiger partial charge in [-0.3, -0.25) is 0 Å². The van der Waals surface area contributed by atoms with Crippen molar-refractivity contribution in [2.75, 3.05) is 20.8 Å². The first-order chi connectivity index (χ1) is 9.13. The molecular formula is C14H17BrO4. The van der Waals surface area contributed by atoms with E-state index >= 15 is 0 Å². The molecule has 0 amide bonds. The summed E-state index contributed by atoms with van der Waals surface area (Å²) in [5.41, 5.74) is 0.363. The molecular weight excluding hydrogens is 312 g/mol. The lowest BCUT2D eigenvalue weighted by Crippen LogP contribution is -2.09. The van der Waals surface area contributed by atoms with E-state index in [0.29, 0.717) is 28.1 Å². The van der Waals surface area contributed by atoms with Crippen molar-refractivity contribution in [1.29, 1.82) is 0 Å². The van der Waals surface area contributed by atoms with Gasteiger partial charge in [0.25, 0.3) is 0 Å². The molecule has 1 aromatic rings. The summed E-state index contributed by atoms with van der Waals surface area (Å²) in [6, 6.07) is 3.34. The van der Waals surface area contributed by atoms with Gasteiger partial charge < -0.3 is 14.2 Å². The van der Waals surface area contributed by atoms with Gasteiger partial charge in [-0.05, 0) is 34.8 Å². The molecule has 1 rings (SSSR count). The molecule has 0 aliphatic heterocycles. The van der Waals surface area contributed by atoms with Crippen molar-refractivity contribution in [2.45, 2.75) is 12.8 Å². The molecule has 0 atom stereocenters. The second-order valence-electron chi connectivity index (χ2n) is 3.75. The largest absolute Gasteiger partial charge is 0.497 e. The van der Waals surface area contributed by atoms with Gasteiger partial charge in [0.15, 0.2) is 0 Å². The molecule has 104 valence electrons. The predicted octanol–water partition coefficient (Wildman–Crippen LogP) is 3.59. The Hall–Kier alpha value is -1.49. The predicted molar refractivity (Wildman–Crippen MR) is 77.0 cm³/mol. The molecule has 0 heterocycles. The number of allylic oxidation sites excluding steroid dienone is 1. The minimum atomic E-state index is -0.421. The molecule has 5 heteroatoms. The van der Waals surface area contributed by atoms with Gasteiger partial charge in [-0.25, -0.2) is 4.79 Å². The van der Waals surface area contributed by atoms with E-state index in [0.717, 1.165) is 12.8 Å². The van der Waals surface area contributed by atoms with E-state index in [9.17, 15) is 4.79 Å². The van der Waals surface area contributed by atoms with Crippen LogP contribution in [0.1, 0.15) is 23.2 Å². The first kappa shape index (κ1) is 15.6. The molecule has 0 saturated carbocycles. The van der Waals surface area contributed by atoms with Gasteiger partial charge in [0.2, 0.25) is 0 Å². The van der Waals surface area contributed by atoms with Crippen molar-refractivity contribution < 1.29 is 19.0 Å². The summed E-state index contributed by atoms with van der Waals surface area (Å²) >= 11 is 3.33. The van der Waals surface area contributed by atoms with Gasteiger partial charge >= 0.3 is 5.97 Å². The molecule has 0 bridgehead atoms. The van der Waals surface area contributed by atoms with Crippen LogP contribution >= 0.6 is 15.9 Å². The zero-order chi connectivity index (χ0) is 14.3. The third-order valence-corrected chi connectivity index (χ3v) is 3.10. The number of unbranched alkanes of at least 4 members (excludes halogenated alkanes) is 1. The average Bonchev–Trinajstić information content (AvgIpc) is 2.42. The van der Waals surface area contributed by atoms with Crippen molar-refractivity contribution >= 4 is 21.9 Å². The topological polar surface area (TPSA) is 44.8 Å². The molecule has 0 aromatic heterocycles. The van der Waals surface area contributed by atoms with E-state index in [1.54, 1.807) is 25.3 Å². The van der Waals surface area contributed by atoms with E-state index in [1.165, 1.54) is 7.11 Å². The first-order valence-electron chi connectivity index (χ1n) is 5.83. The average molecular weight is 329 g/mol. The minimum Gasteiger partial charge on any atom is -0.497 e. The van der Waals surface area contributed by atoms with Crippen molar-refractivity contribution in [3.63, 3.8) is 0 Å². The van der Waals surface area contributed by atoms with E-state index < -0.39 is 5.97 Å². The molecule has 0 N–H and O–H groups in total. The van der Waals surface area contributed by atoms with Gasteiger partial charge in [-0.1, -0.05) is 6.08 Å². The number of halogens is 1. The highest BCUT2D eigenvalue weighted by molar-refractivity contribution is 9.10. The maximum absolute atomic E-state index is 12.0. The number of ether oxygens (including phenoxy) is 3. The molecule has 0 aliphatic rings. The number of carbonyl (C=O) groups excluding carboxylic acids is 1. The molecule has 19 heavy (non-hydrogen) atoms. The van der Waals surface area contributed by atoms with Gasteiger partial charge in [-0.15, -0.1) is 6.58 Å². The van der Waals surface area contributed by atoms with Crippen LogP contribution in [0.5, 0.6) is 11.5 Å².